The van der Waals surface area contributed by atoms with Gasteiger partial charge in [0.15, 0.2) is 0 Å². The second-order valence-electron chi connectivity index (χ2n) is 2.51. The van der Waals surface area contributed by atoms with E-state index in [0.717, 1.165) is 11.8 Å². The molecule has 0 nitrogen and oxygen atoms in total. The topological polar surface area (TPSA) is 0 Å². The van der Waals surface area contributed by atoms with Crippen molar-refractivity contribution in [1.82, 2.24) is 0 Å². The first-order chi connectivity index (χ1) is 5.67. The molecule has 0 atom stereocenters. The van der Waals surface area contributed by atoms with Crippen molar-refractivity contribution in [3.8, 4) is 0 Å². The van der Waals surface area contributed by atoms with Crippen molar-refractivity contribution in [1.29, 1.82) is 0 Å². The van der Waals surface area contributed by atoms with E-state index in [1.54, 1.807) is 0 Å². The lowest BCUT2D eigenvalue weighted by Crippen LogP contribution is -2.08. The Morgan fingerprint density at radius 1 is 1.08 bits per heavy atom. The summed E-state index contributed by atoms with van der Waals surface area (Å²) in [5, 5.41) is 0.971. The Balaban J connectivity index is 2.82. The van der Waals surface area contributed by atoms with Gasteiger partial charge in [-0.15, -0.1) is 0 Å². The Morgan fingerprint density at radius 2 is 1.67 bits per heavy atom. The van der Waals surface area contributed by atoms with Crippen molar-refractivity contribution in [2.45, 2.75) is 9.65 Å². The molecule has 0 aliphatic rings. The number of hydrogen-bond acceptors (Lipinski definition) is 0. The molecule has 0 radical (unpaired) electrons. The molecule has 0 aliphatic heterocycles. The molecule has 0 bridgehead atoms. The molecule has 0 spiro atoms. The van der Waals surface area contributed by atoms with Crippen LogP contribution >= 0.6 is 47.8 Å². The molecule has 12 heavy (non-hydrogen) atoms. The van der Waals surface area contributed by atoms with Crippen LogP contribution in [0.5, 0.6) is 0 Å². The fourth-order valence-electron chi connectivity index (χ4n) is 0.945. The largest absolute Gasteiger partial charge is 0.106 e. The molecule has 1 aromatic rings. The van der Waals surface area contributed by atoms with E-state index in [1.807, 2.05) is 18.2 Å². The first-order valence-corrected chi connectivity index (χ1v) is 6.37. The van der Waals surface area contributed by atoms with Gasteiger partial charge in [-0.05, 0) is 12.0 Å². The van der Waals surface area contributed by atoms with Crippen LogP contribution in [0.3, 0.4) is 0 Å². The normalized spacial score (nSPS) is 11.6. The average Bonchev–Trinajstić information content (AvgIpc) is 2.06. The van der Waals surface area contributed by atoms with E-state index < -0.39 is 0 Å². The number of alkyl halides is 3. The Morgan fingerprint density at radius 3 is 2.17 bits per heavy atom. The summed E-state index contributed by atoms with van der Waals surface area (Å²) in [7, 11) is 0. The van der Waals surface area contributed by atoms with Gasteiger partial charge in [0, 0.05) is 5.33 Å². The average molecular weight is 357 g/mol. The third-order valence-corrected chi connectivity index (χ3v) is 3.71. The van der Waals surface area contributed by atoms with Gasteiger partial charge in [0.2, 0.25) is 0 Å². The minimum Gasteiger partial charge on any atom is -0.0927 e. The van der Waals surface area contributed by atoms with E-state index >= 15 is 0 Å². The molecule has 0 amide bonds. The van der Waals surface area contributed by atoms with E-state index in [1.165, 1.54) is 5.56 Å². The van der Waals surface area contributed by atoms with Crippen molar-refractivity contribution in [2.75, 3.05) is 5.33 Å². The Hall–Kier alpha value is 0.660. The summed E-state index contributed by atoms with van der Waals surface area (Å²) in [5.41, 5.74) is 1.25. The molecule has 0 aromatic heterocycles. The smallest absolute Gasteiger partial charge is 0.0927 e. The molecule has 66 valence electrons. The van der Waals surface area contributed by atoms with Gasteiger partial charge in [-0.25, -0.2) is 0 Å². The second-order valence-corrected chi connectivity index (χ2v) is 7.07. The third-order valence-electron chi connectivity index (χ3n) is 1.60. The summed E-state index contributed by atoms with van der Waals surface area (Å²) < 4.78 is -0.0786. The lowest BCUT2D eigenvalue weighted by Gasteiger charge is -2.19. The van der Waals surface area contributed by atoms with Gasteiger partial charge in [-0.2, -0.15) is 0 Å². The standard InChI is InChI=1S/C9H9Br3/c10-7-6-9(11,12)8-4-2-1-3-5-8/h1-5H,6-7H2. The summed E-state index contributed by atoms with van der Waals surface area (Å²) in [6, 6.07) is 10.3. The number of halogens is 3. The molecular formula is C9H9Br3. The lowest BCUT2D eigenvalue weighted by atomic mass is 10.1. The molecule has 0 saturated heterocycles. The Kier molecular flexibility index (Phi) is 4.27. The zero-order chi connectivity index (χ0) is 9.03. The summed E-state index contributed by atoms with van der Waals surface area (Å²) in [6.45, 7) is 0. The van der Waals surface area contributed by atoms with Crippen LogP contribution in [0.1, 0.15) is 12.0 Å². The van der Waals surface area contributed by atoms with Crippen LogP contribution in [0.25, 0.3) is 0 Å². The highest BCUT2D eigenvalue weighted by Gasteiger charge is 2.23. The lowest BCUT2D eigenvalue weighted by molar-refractivity contribution is 0.880. The fourth-order valence-corrected chi connectivity index (χ4v) is 3.53. The van der Waals surface area contributed by atoms with Gasteiger partial charge in [-0.1, -0.05) is 78.1 Å². The first kappa shape index (κ1) is 10.7. The van der Waals surface area contributed by atoms with E-state index in [2.05, 4.69) is 59.9 Å². The minimum absolute atomic E-state index is 0.0786. The SMILES string of the molecule is BrCCC(Br)(Br)c1ccccc1. The van der Waals surface area contributed by atoms with Crippen LogP contribution in [-0.2, 0) is 3.23 Å². The summed E-state index contributed by atoms with van der Waals surface area (Å²) in [5.74, 6) is 0. The predicted octanol–water partition coefficient (Wildman–Crippen LogP) is 4.41. The monoisotopic (exact) mass is 354 g/mol. The van der Waals surface area contributed by atoms with Crippen LogP contribution in [0.2, 0.25) is 0 Å². The van der Waals surface area contributed by atoms with Crippen molar-refractivity contribution < 1.29 is 0 Å². The van der Waals surface area contributed by atoms with Gasteiger partial charge < -0.3 is 0 Å². The van der Waals surface area contributed by atoms with E-state index in [4.69, 9.17) is 0 Å². The van der Waals surface area contributed by atoms with Gasteiger partial charge >= 0.3 is 0 Å². The zero-order valence-electron chi connectivity index (χ0n) is 6.43. The van der Waals surface area contributed by atoms with Gasteiger partial charge in [-0.3, -0.25) is 0 Å². The summed E-state index contributed by atoms with van der Waals surface area (Å²) >= 11 is 10.7. The van der Waals surface area contributed by atoms with Crippen molar-refractivity contribution >= 4 is 47.8 Å². The molecule has 0 heterocycles. The Labute approximate surface area is 98.1 Å². The zero-order valence-corrected chi connectivity index (χ0v) is 11.2. The Bertz CT molecular complexity index is 231. The molecule has 0 unspecified atom stereocenters. The molecular weight excluding hydrogens is 348 g/mol. The second kappa shape index (κ2) is 4.77. The van der Waals surface area contributed by atoms with E-state index in [0.29, 0.717) is 0 Å². The summed E-state index contributed by atoms with van der Waals surface area (Å²) in [4.78, 5) is 0. The fraction of sp³-hybridized carbons (Fsp3) is 0.333. The number of rotatable bonds is 3. The van der Waals surface area contributed by atoms with Crippen LogP contribution < -0.4 is 0 Å². The van der Waals surface area contributed by atoms with Crippen LogP contribution in [0.15, 0.2) is 30.3 Å². The van der Waals surface area contributed by atoms with E-state index in [-0.39, 0.29) is 3.23 Å². The quantitative estimate of drug-likeness (QED) is 0.703. The van der Waals surface area contributed by atoms with Crippen LogP contribution in [0.4, 0.5) is 0 Å². The molecule has 1 aromatic carbocycles. The highest BCUT2D eigenvalue weighted by atomic mass is 79.9. The first-order valence-electron chi connectivity index (χ1n) is 3.66. The van der Waals surface area contributed by atoms with Crippen molar-refractivity contribution in [3.63, 3.8) is 0 Å². The molecule has 0 saturated carbocycles. The van der Waals surface area contributed by atoms with Gasteiger partial charge in [0.1, 0.15) is 3.23 Å². The maximum atomic E-state index is 3.64. The highest BCUT2D eigenvalue weighted by molar-refractivity contribution is 9.24. The summed E-state index contributed by atoms with van der Waals surface area (Å²) in [6.07, 6.45) is 1.01. The number of hydrogen-bond donors (Lipinski definition) is 0. The van der Waals surface area contributed by atoms with Crippen LogP contribution in [0, 0.1) is 0 Å². The maximum absolute atomic E-state index is 3.64. The predicted molar refractivity (Wildman–Crippen MR) is 64.4 cm³/mol. The molecule has 1 rings (SSSR count). The molecule has 0 N–H and O–H groups in total. The van der Waals surface area contributed by atoms with Gasteiger partial charge in [0.25, 0.3) is 0 Å². The molecule has 0 fully saturated rings. The van der Waals surface area contributed by atoms with Crippen molar-refractivity contribution in [3.05, 3.63) is 35.9 Å². The maximum Gasteiger partial charge on any atom is 0.106 e. The number of benzene rings is 1. The van der Waals surface area contributed by atoms with Crippen LogP contribution in [-0.4, -0.2) is 5.33 Å². The van der Waals surface area contributed by atoms with Crippen molar-refractivity contribution in [2.24, 2.45) is 0 Å². The van der Waals surface area contributed by atoms with Gasteiger partial charge in [0.05, 0.1) is 0 Å². The third kappa shape index (κ3) is 2.86. The molecule has 0 aliphatic carbocycles. The van der Waals surface area contributed by atoms with E-state index in [9.17, 15) is 0 Å². The molecule has 3 heteroatoms. The highest BCUT2D eigenvalue weighted by Crippen LogP contribution is 2.41. The minimum atomic E-state index is -0.0786.